The molecule has 0 spiro atoms. The van der Waals surface area contributed by atoms with Gasteiger partial charge in [0.15, 0.2) is 9.84 Å². The summed E-state index contributed by atoms with van der Waals surface area (Å²) in [7, 11) is -2.95. The summed E-state index contributed by atoms with van der Waals surface area (Å²) in [6.07, 6.45) is 4.31. The van der Waals surface area contributed by atoms with E-state index in [9.17, 15) is 13.2 Å². The molecular formula is C17H25N3O4S. The van der Waals surface area contributed by atoms with Gasteiger partial charge in [-0.3, -0.25) is 9.78 Å². The van der Waals surface area contributed by atoms with E-state index < -0.39 is 9.84 Å². The fourth-order valence-corrected chi connectivity index (χ4v) is 5.23. The number of nitrogens with zero attached hydrogens (tertiary/aromatic N) is 2. The van der Waals surface area contributed by atoms with Crippen LogP contribution in [-0.2, 0) is 14.6 Å². The van der Waals surface area contributed by atoms with E-state index in [-0.39, 0.29) is 29.6 Å². The highest BCUT2D eigenvalue weighted by molar-refractivity contribution is 7.91. The Bertz CT molecular complexity index is 716. The van der Waals surface area contributed by atoms with E-state index in [1.165, 1.54) is 0 Å². The van der Waals surface area contributed by atoms with Crippen LogP contribution >= 0.6 is 0 Å². The van der Waals surface area contributed by atoms with Crippen LogP contribution in [0.4, 0.5) is 5.69 Å². The minimum atomic E-state index is -2.95. The van der Waals surface area contributed by atoms with Crippen LogP contribution in [0.15, 0.2) is 18.3 Å². The molecule has 2 atom stereocenters. The number of carbonyl (C=O) groups is 1. The minimum Gasteiger partial charge on any atom is -0.376 e. The van der Waals surface area contributed by atoms with Crippen LogP contribution < -0.4 is 10.2 Å². The number of sulfone groups is 1. The molecule has 2 aliphatic heterocycles. The number of nitrogens with one attached hydrogen (secondary N) is 1. The lowest BCUT2D eigenvalue weighted by Gasteiger charge is -2.29. The summed E-state index contributed by atoms with van der Waals surface area (Å²) in [5, 5.41) is 2.87. The van der Waals surface area contributed by atoms with Crippen molar-refractivity contribution in [1.29, 1.82) is 0 Å². The quantitative estimate of drug-likeness (QED) is 0.807. The second kappa shape index (κ2) is 7.70. The Morgan fingerprint density at radius 3 is 2.92 bits per heavy atom. The Hall–Kier alpha value is -1.67. The first kappa shape index (κ1) is 18.1. The van der Waals surface area contributed by atoms with E-state index in [1.54, 1.807) is 12.3 Å². The van der Waals surface area contributed by atoms with Crippen molar-refractivity contribution in [1.82, 2.24) is 10.3 Å². The third-order valence-electron chi connectivity index (χ3n) is 4.81. The van der Waals surface area contributed by atoms with Crippen molar-refractivity contribution in [2.75, 3.05) is 36.1 Å². The highest BCUT2D eigenvalue weighted by Crippen LogP contribution is 2.24. The lowest BCUT2D eigenvalue weighted by atomic mass is 10.2. The van der Waals surface area contributed by atoms with E-state index in [2.05, 4.69) is 10.3 Å². The van der Waals surface area contributed by atoms with Crippen LogP contribution in [0.3, 0.4) is 0 Å². The van der Waals surface area contributed by atoms with E-state index >= 15 is 0 Å². The van der Waals surface area contributed by atoms with Gasteiger partial charge in [-0.05, 0) is 38.3 Å². The molecule has 25 heavy (non-hydrogen) atoms. The molecule has 138 valence electrons. The van der Waals surface area contributed by atoms with Gasteiger partial charge in [0.05, 0.1) is 17.6 Å². The first-order chi connectivity index (χ1) is 12.0. The predicted octanol–water partition coefficient (Wildman–Crippen LogP) is 1.00. The molecule has 1 N–H and O–H groups in total. The number of pyridine rings is 1. The minimum absolute atomic E-state index is 0.0415. The van der Waals surface area contributed by atoms with Crippen LogP contribution in [0.5, 0.6) is 0 Å². The standard InChI is InChI=1S/C17H25N3O4S/c1-2-20(14-6-9-25(22,23)12-14)13-5-7-18-16(10-13)17(21)19-11-15-4-3-8-24-15/h5,7,10,14-15H,2-4,6,8-9,11-12H2,1H3,(H,19,21). The monoisotopic (exact) mass is 367 g/mol. The summed E-state index contributed by atoms with van der Waals surface area (Å²) in [6.45, 7) is 3.91. The molecule has 0 bridgehead atoms. The van der Waals surface area contributed by atoms with E-state index in [0.717, 1.165) is 25.1 Å². The number of hydrogen-bond acceptors (Lipinski definition) is 6. The van der Waals surface area contributed by atoms with Gasteiger partial charge in [-0.1, -0.05) is 0 Å². The highest BCUT2D eigenvalue weighted by Gasteiger charge is 2.32. The Labute approximate surface area is 148 Å². The Balaban J connectivity index is 1.68. The maximum absolute atomic E-state index is 12.3. The molecule has 2 fully saturated rings. The molecule has 7 nitrogen and oxygen atoms in total. The third-order valence-corrected chi connectivity index (χ3v) is 6.56. The fourth-order valence-electron chi connectivity index (χ4n) is 3.50. The highest BCUT2D eigenvalue weighted by atomic mass is 32.2. The van der Waals surface area contributed by atoms with Crippen molar-refractivity contribution in [3.05, 3.63) is 24.0 Å². The Kier molecular flexibility index (Phi) is 5.58. The lowest BCUT2D eigenvalue weighted by molar-refractivity contribution is 0.0853. The summed E-state index contributed by atoms with van der Waals surface area (Å²) < 4.78 is 29.0. The number of ether oxygens (including phenoxy) is 1. The number of carbonyl (C=O) groups excluding carboxylic acids is 1. The largest absolute Gasteiger partial charge is 0.376 e. The molecule has 0 saturated carbocycles. The van der Waals surface area contributed by atoms with Gasteiger partial charge in [-0.2, -0.15) is 0 Å². The zero-order chi connectivity index (χ0) is 17.9. The fraction of sp³-hybridized carbons (Fsp3) is 0.647. The average molecular weight is 367 g/mol. The maximum atomic E-state index is 12.3. The number of amides is 1. The molecule has 1 aromatic heterocycles. The maximum Gasteiger partial charge on any atom is 0.270 e. The summed E-state index contributed by atoms with van der Waals surface area (Å²) in [5.74, 6) is 0.171. The molecule has 0 radical (unpaired) electrons. The number of anilines is 1. The molecule has 8 heteroatoms. The van der Waals surface area contributed by atoms with Gasteiger partial charge in [0.25, 0.3) is 5.91 Å². The molecule has 2 saturated heterocycles. The first-order valence-electron chi connectivity index (χ1n) is 8.81. The average Bonchev–Trinajstić information content (AvgIpc) is 3.23. The van der Waals surface area contributed by atoms with Crippen molar-refractivity contribution < 1.29 is 17.9 Å². The summed E-state index contributed by atoms with van der Waals surface area (Å²) in [6, 6.07) is 3.52. The molecule has 1 aromatic rings. The number of rotatable bonds is 6. The van der Waals surface area contributed by atoms with Crippen LogP contribution in [-0.4, -0.2) is 62.7 Å². The van der Waals surface area contributed by atoms with Gasteiger partial charge >= 0.3 is 0 Å². The molecule has 0 aromatic carbocycles. The summed E-state index contributed by atoms with van der Waals surface area (Å²) in [4.78, 5) is 18.5. The zero-order valence-corrected chi connectivity index (χ0v) is 15.3. The van der Waals surface area contributed by atoms with Crippen molar-refractivity contribution in [3.8, 4) is 0 Å². The topological polar surface area (TPSA) is 88.6 Å². The van der Waals surface area contributed by atoms with Gasteiger partial charge in [-0.15, -0.1) is 0 Å². The number of aromatic nitrogens is 1. The first-order valence-corrected chi connectivity index (χ1v) is 10.6. The smallest absolute Gasteiger partial charge is 0.270 e. The Morgan fingerprint density at radius 1 is 1.44 bits per heavy atom. The van der Waals surface area contributed by atoms with Gasteiger partial charge in [-0.25, -0.2) is 8.42 Å². The van der Waals surface area contributed by atoms with E-state index in [0.29, 0.717) is 25.2 Å². The SMILES string of the molecule is CCN(c1ccnc(C(=O)NCC2CCCO2)c1)C1CCS(=O)(=O)C1. The van der Waals surface area contributed by atoms with Crippen LogP contribution in [0.1, 0.15) is 36.7 Å². The van der Waals surface area contributed by atoms with Gasteiger partial charge < -0.3 is 15.0 Å². The van der Waals surface area contributed by atoms with Gasteiger partial charge in [0, 0.05) is 37.6 Å². The van der Waals surface area contributed by atoms with Gasteiger partial charge in [0.1, 0.15) is 5.69 Å². The van der Waals surface area contributed by atoms with Crippen LogP contribution in [0.25, 0.3) is 0 Å². The Morgan fingerprint density at radius 2 is 2.28 bits per heavy atom. The lowest BCUT2D eigenvalue weighted by Crippen LogP contribution is -2.36. The van der Waals surface area contributed by atoms with Crippen molar-refractivity contribution in [2.45, 2.75) is 38.3 Å². The second-order valence-electron chi connectivity index (χ2n) is 6.59. The summed E-state index contributed by atoms with van der Waals surface area (Å²) in [5.41, 5.74) is 1.18. The van der Waals surface area contributed by atoms with Crippen molar-refractivity contribution >= 4 is 21.4 Å². The molecule has 2 aliphatic rings. The second-order valence-corrected chi connectivity index (χ2v) is 8.82. The molecule has 3 heterocycles. The van der Waals surface area contributed by atoms with Gasteiger partial charge in [0.2, 0.25) is 0 Å². The zero-order valence-electron chi connectivity index (χ0n) is 14.5. The molecule has 3 rings (SSSR count). The van der Waals surface area contributed by atoms with Crippen LogP contribution in [0, 0.1) is 0 Å². The van der Waals surface area contributed by atoms with Crippen molar-refractivity contribution in [2.24, 2.45) is 0 Å². The molecule has 0 aliphatic carbocycles. The normalized spacial score (nSPS) is 25.0. The van der Waals surface area contributed by atoms with Crippen molar-refractivity contribution in [3.63, 3.8) is 0 Å². The molecular weight excluding hydrogens is 342 g/mol. The van der Waals surface area contributed by atoms with Crippen LogP contribution in [0.2, 0.25) is 0 Å². The van der Waals surface area contributed by atoms with E-state index in [4.69, 9.17) is 4.74 Å². The molecule has 1 amide bonds. The molecule has 2 unspecified atom stereocenters. The third kappa shape index (κ3) is 4.49. The van der Waals surface area contributed by atoms with E-state index in [1.807, 2.05) is 17.9 Å². The number of hydrogen-bond donors (Lipinski definition) is 1. The summed E-state index contributed by atoms with van der Waals surface area (Å²) >= 11 is 0. The predicted molar refractivity (Wildman–Crippen MR) is 95.6 cm³/mol.